The average molecular weight is 311 g/mol. The Morgan fingerprint density at radius 2 is 1.80 bits per heavy atom. The molecule has 0 bridgehead atoms. The van der Waals surface area contributed by atoms with Crippen LogP contribution < -0.4 is 0 Å². The zero-order valence-corrected chi connectivity index (χ0v) is 14.5. The van der Waals surface area contributed by atoms with Crippen molar-refractivity contribution in [3.63, 3.8) is 0 Å². The Kier molecular flexibility index (Phi) is 6.75. The Hall–Kier alpha value is -0.160. The van der Waals surface area contributed by atoms with E-state index in [1.54, 1.807) is 0 Å². The van der Waals surface area contributed by atoms with E-state index in [2.05, 4.69) is 53.6 Å². The number of nitrogens with zero attached hydrogens (tertiary/aromatic N) is 2. The first-order valence-corrected chi connectivity index (χ1v) is 9.21. The molecule has 112 valence electrons. The molecule has 0 spiro atoms. The van der Waals surface area contributed by atoms with Crippen LogP contribution >= 0.6 is 23.9 Å². The number of hydrogen-bond acceptors (Lipinski definition) is 4. The van der Waals surface area contributed by atoms with Gasteiger partial charge in [-0.05, 0) is 66.9 Å². The maximum Gasteiger partial charge on any atom is 0.0231 e. The Bertz CT molecular complexity index is 390. The fourth-order valence-electron chi connectivity index (χ4n) is 2.44. The molecule has 1 aliphatic heterocycles. The van der Waals surface area contributed by atoms with Gasteiger partial charge in [-0.1, -0.05) is 20.8 Å². The van der Waals surface area contributed by atoms with E-state index in [1.165, 1.54) is 35.7 Å². The molecular formula is C16H26N2S2. The third-order valence-electron chi connectivity index (χ3n) is 3.62. The van der Waals surface area contributed by atoms with Crippen molar-refractivity contribution in [3.8, 4) is 0 Å². The second-order valence-corrected chi connectivity index (χ2v) is 7.74. The van der Waals surface area contributed by atoms with Crippen molar-refractivity contribution >= 4 is 23.9 Å². The lowest BCUT2D eigenvalue weighted by Gasteiger charge is -2.29. The van der Waals surface area contributed by atoms with Crippen molar-refractivity contribution < 1.29 is 0 Å². The quantitative estimate of drug-likeness (QED) is 0.698. The molecule has 0 saturated carbocycles. The Morgan fingerprint density at radius 1 is 1.15 bits per heavy atom. The van der Waals surface area contributed by atoms with Crippen LogP contribution in [0.1, 0.15) is 33.6 Å². The number of hydrogen-bond donors (Lipinski definition) is 0. The van der Waals surface area contributed by atoms with Crippen molar-refractivity contribution in [2.24, 2.45) is 5.92 Å². The molecule has 0 N–H and O–H groups in total. The first-order valence-electron chi connectivity index (χ1n) is 7.67. The summed E-state index contributed by atoms with van der Waals surface area (Å²) in [7, 11) is 0. The van der Waals surface area contributed by atoms with Gasteiger partial charge in [0.05, 0.1) is 0 Å². The van der Waals surface area contributed by atoms with Crippen molar-refractivity contribution in [1.29, 1.82) is 0 Å². The number of rotatable bonds is 6. The van der Waals surface area contributed by atoms with Crippen molar-refractivity contribution in [2.45, 2.75) is 43.4 Å². The van der Waals surface area contributed by atoms with Crippen LogP contribution in [0.25, 0.3) is 0 Å². The third kappa shape index (κ3) is 4.99. The van der Waals surface area contributed by atoms with Crippen LogP contribution in [0, 0.1) is 5.92 Å². The van der Waals surface area contributed by atoms with Gasteiger partial charge in [-0.15, -0.1) is 0 Å². The predicted octanol–water partition coefficient (Wildman–Crippen LogP) is 4.77. The van der Waals surface area contributed by atoms with Crippen LogP contribution in [0.5, 0.6) is 0 Å². The van der Waals surface area contributed by atoms with E-state index >= 15 is 0 Å². The van der Waals surface area contributed by atoms with Gasteiger partial charge in [-0.25, -0.2) is 8.61 Å². The monoisotopic (exact) mass is 310 g/mol. The highest BCUT2D eigenvalue weighted by Crippen LogP contribution is 2.30. The molecular weight excluding hydrogens is 284 g/mol. The summed E-state index contributed by atoms with van der Waals surface area (Å²) in [4.78, 5) is 2.70. The highest BCUT2D eigenvalue weighted by molar-refractivity contribution is 7.97. The van der Waals surface area contributed by atoms with Crippen LogP contribution in [0.4, 0.5) is 0 Å². The zero-order valence-electron chi connectivity index (χ0n) is 12.8. The maximum atomic E-state index is 2.51. The van der Waals surface area contributed by atoms with Gasteiger partial charge in [-0.3, -0.25) is 0 Å². The van der Waals surface area contributed by atoms with E-state index in [9.17, 15) is 0 Å². The molecule has 2 rings (SSSR count). The minimum Gasteiger partial charge on any atom is -0.247 e. The predicted molar refractivity (Wildman–Crippen MR) is 91.0 cm³/mol. The molecule has 1 unspecified atom stereocenters. The van der Waals surface area contributed by atoms with Gasteiger partial charge in [0, 0.05) is 36.0 Å². The Labute approximate surface area is 132 Å². The number of piperidine rings is 1. The van der Waals surface area contributed by atoms with E-state index in [0.29, 0.717) is 0 Å². The molecule has 0 aliphatic carbocycles. The summed E-state index contributed by atoms with van der Waals surface area (Å²) in [6.45, 7) is 11.4. The van der Waals surface area contributed by atoms with Crippen molar-refractivity contribution in [2.75, 3.05) is 26.2 Å². The maximum absolute atomic E-state index is 2.51. The number of benzene rings is 1. The molecule has 20 heavy (non-hydrogen) atoms. The topological polar surface area (TPSA) is 6.48 Å². The van der Waals surface area contributed by atoms with Gasteiger partial charge < -0.3 is 0 Å². The molecule has 1 aliphatic rings. The third-order valence-corrected chi connectivity index (χ3v) is 5.95. The molecule has 0 radical (unpaired) electrons. The summed E-state index contributed by atoms with van der Waals surface area (Å²) in [5.41, 5.74) is 0. The minimum atomic E-state index is 0.841. The van der Waals surface area contributed by atoms with Gasteiger partial charge in [0.25, 0.3) is 0 Å². The van der Waals surface area contributed by atoms with Gasteiger partial charge in [0.15, 0.2) is 0 Å². The highest BCUT2D eigenvalue weighted by atomic mass is 32.2. The minimum absolute atomic E-state index is 0.841. The summed E-state index contributed by atoms with van der Waals surface area (Å²) in [6.07, 6.45) is 2.72. The van der Waals surface area contributed by atoms with E-state index < -0.39 is 0 Å². The van der Waals surface area contributed by atoms with Gasteiger partial charge in [0.1, 0.15) is 0 Å². The van der Waals surface area contributed by atoms with E-state index in [4.69, 9.17) is 0 Å². The first-order chi connectivity index (χ1) is 9.71. The summed E-state index contributed by atoms with van der Waals surface area (Å²) in [5, 5.41) is 0. The Balaban J connectivity index is 1.87. The molecule has 1 fully saturated rings. The highest BCUT2D eigenvalue weighted by Gasteiger charge is 2.17. The van der Waals surface area contributed by atoms with Gasteiger partial charge in [0.2, 0.25) is 0 Å². The van der Waals surface area contributed by atoms with Crippen LogP contribution in [-0.4, -0.2) is 34.8 Å². The van der Waals surface area contributed by atoms with Crippen LogP contribution in [0.3, 0.4) is 0 Å². The van der Waals surface area contributed by atoms with E-state index in [-0.39, 0.29) is 0 Å². The summed E-state index contributed by atoms with van der Waals surface area (Å²) < 4.78 is 4.88. The molecule has 1 saturated heterocycles. The van der Waals surface area contributed by atoms with Gasteiger partial charge >= 0.3 is 0 Å². The Morgan fingerprint density at radius 3 is 2.40 bits per heavy atom. The molecule has 4 heteroatoms. The normalized spacial score (nSPS) is 20.5. The summed E-state index contributed by atoms with van der Waals surface area (Å²) >= 11 is 3.77. The molecule has 1 aromatic carbocycles. The fraction of sp³-hybridized carbons (Fsp3) is 0.625. The van der Waals surface area contributed by atoms with Crippen molar-refractivity contribution in [1.82, 2.24) is 8.61 Å². The second-order valence-electron chi connectivity index (χ2n) is 5.40. The second kappa shape index (κ2) is 8.32. The summed E-state index contributed by atoms with van der Waals surface area (Å²) in [5.74, 6) is 0.841. The first kappa shape index (κ1) is 16.2. The van der Waals surface area contributed by atoms with Gasteiger partial charge in [-0.2, -0.15) is 0 Å². The standard InChI is InChI=1S/C16H26N2S2/c1-4-17(5-2)19-15-8-10-16(11-9-15)20-18-12-6-7-14(3)13-18/h8-11,14H,4-7,12-13H2,1-3H3. The van der Waals surface area contributed by atoms with E-state index in [0.717, 1.165) is 19.0 Å². The molecule has 1 atom stereocenters. The molecule has 1 aromatic rings. The van der Waals surface area contributed by atoms with Crippen LogP contribution in [0.2, 0.25) is 0 Å². The lowest BCUT2D eigenvalue weighted by molar-refractivity contribution is 0.302. The summed E-state index contributed by atoms with van der Waals surface area (Å²) in [6, 6.07) is 9.02. The molecule has 2 nitrogen and oxygen atoms in total. The SMILES string of the molecule is CCN(CC)Sc1ccc(SN2CCCC(C)C2)cc1. The largest absolute Gasteiger partial charge is 0.247 e. The molecule has 0 aromatic heterocycles. The lowest BCUT2D eigenvalue weighted by Crippen LogP contribution is -2.28. The van der Waals surface area contributed by atoms with Crippen LogP contribution in [0.15, 0.2) is 34.1 Å². The molecule has 1 heterocycles. The smallest absolute Gasteiger partial charge is 0.0231 e. The molecule has 0 amide bonds. The zero-order chi connectivity index (χ0) is 14.4. The van der Waals surface area contributed by atoms with E-state index in [1.807, 2.05) is 23.9 Å². The average Bonchev–Trinajstić information content (AvgIpc) is 2.46. The fourth-order valence-corrected chi connectivity index (χ4v) is 4.36. The lowest BCUT2D eigenvalue weighted by atomic mass is 10.0. The van der Waals surface area contributed by atoms with Crippen LogP contribution in [-0.2, 0) is 0 Å². The van der Waals surface area contributed by atoms with Crippen molar-refractivity contribution in [3.05, 3.63) is 24.3 Å².